The highest BCUT2D eigenvalue weighted by Crippen LogP contribution is 2.33. The number of aromatic nitrogens is 1. The van der Waals surface area contributed by atoms with Gasteiger partial charge in [0.2, 0.25) is 5.91 Å². The zero-order valence-corrected chi connectivity index (χ0v) is 17.1. The maximum absolute atomic E-state index is 13.9. The van der Waals surface area contributed by atoms with Gasteiger partial charge in [-0.05, 0) is 30.3 Å². The van der Waals surface area contributed by atoms with Crippen molar-refractivity contribution >= 4 is 39.9 Å². The molecular formula is C20H16ClFN2O4S. The Balaban J connectivity index is 1.80. The summed E-state index contributed by atoms with van der Waals surface area (Å²) in [6.07, 6.45) is -0.221. The smallest absolute Gasteiger partial charge is 0.337 e. The minimum atomic E-state index is -0.545. The van der Waals surface area contributed by atoms with Gasteiger partial charge in [0.25, 0.3) is 0 Å². The summed E-state index contributed by atoms with van der Waals surface area (Å²) in [4.78, 5) is 28.4. The lowest BCUT2D eigenvalue weighted by Crippen LogP contribution is -2.15. The summed E-state index contributed by atoms with van der Waals surface area (Å²) >= 11 is 7.15. The normalized spacial score (nSPS) is 10.5. The van der Waals surface area contributed by atoms with Gasteiger partial charge in [0.1, 0.15) is 11.6 Å². The van der Waals surface area contributed by atoms with Crippen molar-refractivity contribution in [1.29, 1.82) is 0 Å². The molecular weight excluding hydrogens is 419 g/mol. The first kappa shape index (κ1) is 20.8. The van der Waals surface area contributed by atoms with Crippen molar-refractivity contribution in [2.24, 2.45) is 0 Å². The highest BCUT2D eigenvalue weighted by molar-refractivity contribution is 7.14. The van der Waals surface area contributed by atoms with E-state index in [2.05, 4.69) is 10.3 Å². The number of carbonyl (C=O) groups excluding carboxylic acids is 2. The standard InChI is InChI=1S/C20H16ClFN2O4S/c1-27-17-7-6-11(19(26)28-2)8-13(17)16-10-29-20(23-16)24-18(25)9-12-14(21)4-3-5-15(12)22/h3-8,10H,9H2,1-2H3,(H,23,24,25). The number of nitrogens with zero attached hydrogens (tertiary/aromatic N) is 1. The van der Waals surface area contributed by atoms with E-state index in [9.17, 15) is 14.0 Å². The fourth-order valence-corrected chi connectivity index (χ4v) is 3.59. The molecule has 1 amide bonds. The molecule has 0 aliphatic carbocycles. The van der Waals surface area contributed by atoms with E-state index in [0.717, 1.165) is 0 Å². The van der Waals surface area contributed by atoms with Gasteiger partial charge in [-0.1, -0.05) is 17.7 Å². The van der Waals surface area contributed by atoms with Crippen molar-refractivity contribution in [3.63, 3.8) is 0 Å². The predicted octanol–water partition coefficient (Wildman–Crippen LogP) is 4.58. The minimum absolute atomic E-state index is 0.121. The number of hydrogen-bond donors (Lipinski definition) is 1. The van der Waals surface area contributed by atoms with Gasteiger partial charge in [0, 0.05) is 21.5 Å². The fraction of sp³-hybridized carbons (Fsp3) is 0.150. The van der Waals surface area contributed by atoms with Crippen LogP contribution in [0, 0.1) is 5.82 Å². The van der Waals surface area contributed by atoms with Gasteiger partial charge >= 0.3 is 5.97 Å². The Morgan fingerprint density at radius 3 is 2.72 bits per heavy atom. The van der Waals surface area contributed by atoms with Crippen LogP contribution < -0.4 is 10.1 Å². The van der Waals surface area contributed by atoms with E-state index >= 15 is 0 Å². The molecule has 0 saturated heterocycles. The molecule has 150 valence electrons. The lowest BCUT2D eigenvalue weighted by atomic mass is 10.1. The SMILES string of the molecule is COC(=O)c1ccc(OC)c(-c2csc(NC(=O)Cc3c(F)cccc3Cl)n2)c1. The summed E-state index contributed by atoms with van der Waals surface area (Å²) in [6.45, 7) is 0. The molecule has 0 fully saturated rings. The number of amides is 1. The van der Waals surface area contributed by atoms with E-state index in [1.165, 1.54) is 43.8 Å². The van der Waals surface area contributed by atoms with Crippen LogP contribution in [0.2, 0.25) is 5.02 Å². The number of anilines is 1. The van der Waals surface area contributed by atoms with Gasteiger partial charge in [-0.2, -0.15) is 0 Å². The second-order valence-electron chi connectivity index (χ2n) is 5.87. The first-order valence-corrected chi connectivity index (χ1v) is 9.63. The summed E-state index contributed by atoms with van der Waals surface area (Å²) in [7, 11) is 2.80. The maximum Gasteiger partial charge on any atom is 0.337 e. The van der Waals surface area contributed by atoms with Gasteiger partial charge in [-0.3, -0.25) is 4.79 Å². The number of thiazole rings is 1. The van der Waals surface area contributed by atoms with Crippen LogP contribution in [0.4, 0.5) is 9.52 Å². The molecule has 0 aliphatic heterocycles. The number of ether oxygens (including phenoxy) is 2. The van der Waals surface area contributed by atoms with E-state index in [0.29, 0.717) is 27.7 Å². The summed E-state index contributed by atoms with van der Waals surface area (Å²) in [5.41, 5.74) is 1.55. The molecule has 0 aliphatic rings. The first-order chi connectivity index (χ1) is 13.9. The van der Waals surface area contributed by atoms with Crippen LogP contribution in [-0.4, -0.2) is 31.1 Å². The minimum Gasteiger partial charge on any atom is -0.496 e. The van der Waals surface area contributed by atoms with Gasteiger partial charge in [0.15, 0.2) is 5.13 Å². The van der Waals surface area contributed by atoms with E-state index in [1.54, 1.807) is 23.6 Å². The average molecular weight is 435 g/mol. The molecule has 9 heteroatoms. The van der Waals surface area contributed by atoms with Gasteiger partial charge in [-0.25, -0.2) is 14.2 Å². The van der Waals surface area contributed by atoms with Crippen molar-refractivity contribution in [2.75, 3.05) is 19.5 Å². The molecule has 29 heavy (non-hydrogen) atoms. The Morgan fingerprint density at radius 1 is 1.24 bits per heavy atom. The Hall–Kier alpha value is -2.97. The van der Waals surface area contributed by atoms with Crippen molar-refractivity contribution in [1.82, 2.24) is 4.98 Å². The van der Waals surface area contributed by atoms with Crippen molar-refractivity contribution < 1.29 is 23.5 Å². The lowest BCUT2D eigenvalue weighted by Gasteiger charge is -2.08. The van der Waals surface area contributed by atoms with E-state index in [-0.39, 0.29) is 17.0 Å². The number of rotatable bonds is 6. The number of hydrogen-bond acceptors (Lipinski definition) is 6. The Labute approximate surface area is 175 Å². The Bertz CT molecular complexity index is 1050. The molecule has 3 rings (SSSR count). The van der Waals surface area contributed by atoms with Crippen molar-refractivity contribution in [3.8, 4) is 17.0 Å². The van der Waals surface area contributed by atoms with Crippen LogP contribution in [0.3, 0.4) is 0 Å². The highest BCUT2D eigenvalue weighted by Gasteiger charge is 2.17. The van der Waals surface area contributed by atoms with Crippen LogP contribution in [0.25, 0.3) is 11.3 Å². The highest BCUT2D eigenvalue weighted by atomic mass is 35.5. The van der Waals surface area contributed by atoms with Gasteiger partial charge in [-0.15, -0.1) is 11.3 Å². The molecule has 2 aromatic carbocycles. The summed E-state index contributed by atoms with van der Waals surface area (Å²) in [5.74, 6) is -0.969. The molecule has 6 nitrogen and oxygen atoms in total. The third-order valence-corrected chi connectivity index (χ3v) is 5.16. The molecule has 0 unspecified atom stereocenters. The zero-order chi connectivity index (χ0) is 21.0. The average Bonchev–Trinajstić information content (AvgIpc) is 3.18. The Kier molecular flexibility index (Phi) is 6.46. The molecule has 0 bridgehead atoms. The monoisotopic (exact) mass is 434 g/mol. The maximum atomic E-state index is 13.9. The van der Waals surface area contributed by atoms with Crippen LogP contribution in [-0.2, 0) is 16.0 Å². The number of nitrogens with one attached hydrogen (secondary N) is 1. The third-order valence-electron chi connectivity index (χ3n) is 4.05. The fourth-order valence-electron chi connectivity index (χ4n) is 2.63. The second kappa shape index (κ2) is 9.02. The molecule has 0 radical (unpaired) electrons. The largest absolute Gasteiger partial charge is 0.496 e. The molecule has 0 spiro atoms. The van der Waals surface area contributed by atoms with Crippen LogP contribution in [0.15, 0.2) is 41.8 Å². The second-order valence-corrected chi connectivity index (χ2v) is 7.14. The molecule has 1 aromatic heterocycles. The van der Waals surface area contributed by atoms with E-state index in [4.69, 9.17) is 21.1 Å². The number of halogens is 2. The molecule has 0 saturated carbocycles. The molecule has 3 aromatic rings. The van der Waals surface area contributed by atoms with Crippen LogP contribution in [0.5, 0.6) is 5.75 Å². The van der Waals surface area contributed by atoms with E-state index < -0.39 is 17.7 Å². The lowest BCUT2D eigenvalue weighted by molar-refractivity contribution is -0.115. The summed E-state index contributed by atoms with van der Waals surface area (Å²) in [6, 6.07) is 9.07. The van der Waals surface area contributed by atoms with Crippen molar-refractivity contribution in [3.05, 3.63) is 63.7 Å². The summed E-state index contributed by atoms with van der Waals surface area (Å²) < 4.78 is 23.9. The summed E-state index contributed by atoms with van der Waals surface area (Å²) in [5, 5.41) is 4.85. The molecule has 1 heterocycles. The van der Waals surface area contributed by atoms with Gasteiger partial charge in [0.05, 0.1) is 31.9 Å². The number of methoxy groups -OCH3 is 2. The number of esters is 1. The topological polar surface area (TPSA) is 77.5 Å². The third kappa shape index (κ3) is 4.72. The molecule has 0 atom stereocenters. The number of benzene rings is 2. The first-order valence-electron chi connectivity index (χ1n) is 8.38. The van der Waals surface area contributed by atoms with Crippen molar-refractivity contribution in [2.45, 2.75) is 6.42 Å². The van der Waals surface area contributed by atoms with E-state index in [1.807, 2.05) is 0 Å². The van der Waals surface area contributed by atoms with Gasteiger partial charge < -0.3 is 14.8 Å². The van der Waals surface area contributed by atoms with Crippen LogP contribution >= 0.6 is 22.9 Å². The molecule has 1 N–H and O–H groups in total. The zero-order valence-electron chi connectivity index (χ0n) is 15.5. The Morgan fingerprint density at radius 2 is 2.03 bits per heavy atom. The van der Waals surface area contributed by atoms with Crippen LogP contribution in [0.1, 0.15) is 15.9 Å². The number of carbonyl (C=O) groups is 2. The predicted molar refractivity (Wildman–Crippen MR) is 109 cm³/mol. The quantitative estimate of drug-likeness (QED) is 0.574.